The lowest BCUT2D eigenvalue weighted by Crippen LogP contribution is -2.67. The van der Waals surface area contributed by atoms with E-state index in [9.17, 15) is 107 Å². The van der Waals surface area contributed by atoms with E-state index in [0.29, 0.717) is 0 Å². The second kappa shape index (κ2) is 26.2. The summed E-state index contributed by atoms with van der Waals surface area (Å²) in [7, 11) is 0. The Morgan fingerprint density at radius 3 is 1.18 bits per heavy atom. The molecule has 6 saturated heterocycles. The van der Waals surface area contributed by atoms with Crippen molar-refractivity contribution in [3.8, 4) is 0 Å². The van der Waals surface area contributed by atoms with E-state index in [2.05, 4.69) is 0 Å². The Kier molecular flexibility index (Phi) is 21.7. The van der Waals surface area contributed by atoms with Gasteiger partial charge in [-0.15, -0.1) is 0 Å². The zero-order valence-electron chi connectivity index (χ0n) is 37.7. The van der Waals surface area contributed by atoms with Crippen LogP contribution < -0.4 is 0 Å². The van der Waals surface area contributed by atoms with Crippen LogP contribution in [0.5, 0.6) is 0 Å². The van der Waals surface area contributed by atoms with Crippen LogP contribution in [0.1, 0.15) is 0 Å². The van der Waals surface area contributed by atoms with Crippen molar-refractivity contribution in [1.29, 1.82) is 0 Å². The number of rotatable bonds is 20. The highest BCUT2D eigenvalue weighted by Crippen LogP contribution is 2.35. The maximum absolute atomic E-state index is 11.7. The van der Waals surface area contributed by atoms with Crippen LogP contribution in [-0.2, 0) is 61.6 Å². The highest BCUT2D eigenvalue weighted by Gasteiger charge is 2.56. The maximum atomic E-state index is 11.7. The molecule has 6 rings (SSSR count). The molecule has 0 radical (unpaired) electrons. The summed E-state index contributed by atoms with van der Waals surface area (Å²) in [5.74, 6) is 0. The van der Waals surface area contributed by atoms with E-state index in [0.717, 1.165) is 0 Å². The number of carbonyl (C=O) groups excluding carboxylic acids is 1. The van der Waals surface area contributed by atoms with Crippen LogP contribution in [0.3, 0.4) is 0 Å². The molecule has 0 bridgehead atoms. The van der Waals surface area contributed by atoms with E-state index in [4.69, 9.17) is 56.8 Å². The third kappa shape index (κ3) is 13.4. The van der Waals surface area contributed by atoms with Crippen molar-refractivity contribution in [2.75, 3.05) is 46.2 Å². The van der Waals surface area contributed by atoms with Gasteiger partial charge in [-0.2, -0.15) is 0 Å². The second-order valence-corrected chi connectivity index (χ2v) is 18.0. The van der Waals surface area contributed by atoms with Crippen molar-refractivity contribution < 1.29 is 164 Å². The van der Waals surface area contributed by atoms with Crippen LogP contribution >= 0.6 is 0 Å². The predicted molar refractivity (Wildman–Crippen MR) is 215 cm³/mol. The number of aldehydes is 1. The van der Waals surface area contributed by atoms with E-state index in [1.807, 2.05) is 0 Å². The minimum absolute atomic E-state index is 0.151. The molecule has 31 atom stereocenters. The van der Waals surface area contributed by atoms with Crippen molar-refractivity contribution in [3.63, 3.8) is 0 Å². The van der Waals surface area contributed by atoms with Gasteiger partial charge in [-0.25, -0.2) is 0 Å². The van der Waals surface area contributed by atoms with Gasteiger partial charge in [0.15, 0.2) is 44.0 Å². The molecule has 6 aliphatic heterocycles. The highest BCUT2D eigenvalue weighted by molar-refractivity contribution is 5.56. The summed E-state index contributed by atoms with van der Waals surface area (Å²) >= 11 is 0. The molecule has 33 nitrogen and oxygen atoms in total. The molecule has 6 heterocycles. The zero-order valence-corrected chi connectivity index (χ0v) is 37.7. The normalized spacial score (nSPS) is 49.1. The van der Waals surface area contributed by atoms with Gasteiger partial charge in [0.2, 0.25) is 0 Å². The first-order valence-electron chi connectivity index (χ1n) is 22.6. The van der Waals surface area contributed by atoms with Gasteiger partial charge in [0.25, 0.3) is 0 Å². The van der Waals surface area contributed by atoms with Gasteiger partial charge in [0, 0.05) is 0 Å². The fraction of sp³-hybridized carbons (Fsp3) is 0.974. The predicted octanol–water partition coefficient (Wildman–Crippen LogP) is -14.5. The average molecular weight is 1060 g/mol. The van der Waals surface area contributed by atoms with Crippen molar-refractivity contribution in [2.45, 2.75) is 190 Å². The van der Waals surface area contributed by atoms with Gasteiger partial charge in [-0.1, -0.05) is 0 Å². The molecule has 0 aliphatic carbocycles. The van der Waals surface area contributed by atoms with Crippen LogP contribution in [0.25, 0.3) is 0 Å². The molecule has 6 aliphatic rings. The van der Waals surface area contributed by atoms with Crippen molar-refractivity contribution in [3.05, 3.63) is 0 Å². The molecule has 6 fully saturated rings. The quantitative estimate of drug-likeness (QED) is 0.0503. The van der Waals surface area contributed by atoms with Gasteiger partial charge in [0.1, 0.15) is 153 Å². The molecular formula is C39H66O33. The third-order valence-electron chi connectivity index (χ3n) is 12.9. The third-order valence-corrected chi connectivity index (χ3v) is 12.9. The first-order chi connectivity index (χ1) is 34.0. The lowest BCUT2D eigenvalue weighted by molar-refractivity contribution is -0.390. The van der Waals surface area contributed by atoms with Gasteiger partial charge in [-0.3, -0.25) is 0 Å². The first kappa shape index (κ1) is 59.6. The molecule has 0 aromatic carbocycles. The lowest BCUT2D eigenvalue weighted by atomic mass is 9.95. The van der Waals surface area contributed by atoms with Gasteiger partial charge >= 0.3 is 0 Å². The Bertz CT molecular complexity index is 1640. The molecule has 72 heavy (non-hydrogen) atoms. The molecule has 0 amide bonds. The van der Waals surface area contributed by atoms with Crippen LogP contribution in [0.4, 0.5) is 0 Å². The summed E-state index contributed by atoms with van der Waals surface area (Å²) in [6.07, 6.45) is -60.8. The van der Waals surface area contributed by atoms with E-state index in [-0.39, 0.29) is 6.29 Å². The fourth-order valence-corrected chi connectivity index (χ4v) is 8.40. The Labute approximate surface area is 406 Å². The zero-order chi connectivity index (χ0) is 53.0. The number of aliphatic hydroxyl groups excluding tert-OH is 20. The number of hydrogen-bond donors (Lipinski definition) is 20. The van der Waals surface area contributed by atoms with Crippen LogP contribution in [-0.4, -0.2) is 345 Å². The number of ether oxygens (including phenoxy) is 12. The van der Waals surface area contributed by atoms with Gasteiger partial charge < -0.3 is 164 Å². The SMILES string of the molecule is O=CC(O)C(O)C(OC1OC(COC2OCC(O)C(O)C2O)C(OC2OC(COC3OCC(O)C(O)C3O)C(OC3OC(COC4OCC(O)C(O)C4O)C(O)C(O)C3O)C(O)C2O)C(O)C1O)C(O)CO. The number of aliphatic hydroxyl groups is 20. The fourth-order valence-electron chi connectivity index (χ4n) is 8.40. The second-order valence-electron chi connectivity index (χ2n) is 18.0. The smallest absolute Gasteiger partial charge is 0.187 e. The lowest BCUT2D eigenvalue weighted by Gasteiger charge is -2.49. The minimum atomic E-state index is -2.33. The van der Waals surface area contributed by atoms with Crippen molar-refractivity contribution in [2.24, 2.45) is 0 Å². The molecule has 31 unspecified atom stereocenters. The van der Waals surface area contributed by atoms with Crippen molar-refractivity contribution >= 4 is 6.29 Å². The number of hydrogen-bond acceptors (Lipinski definition) is 33. The Balaban J connectivity index is 1.25. The van der Waals surface area contributed by atoms with E-state index in [1.165, 1.54) is 0 Å². The van der Waals surface area contributed by atoms with E-state index < -0.39 is 237 Å². The molecule has 0 spiro atoms. The summed E-state index contributed by atoms with van der Waals surface area (Å²) in [5.41, 5.74) is 0. The van der Waals surface area contributed by atoms with Crippen molar-refractivity contribution in [1.82, 2.24) is 0 Å². The van der Waals surface area contributed by atoms with Crippen LogP contribution in [0.2, 0.25) is 0 Å². The standard InChI is InChI=1S/C39H66O33/c40-1-9(42)20(50)31(10(43)2-41)70-38-29(59)23(53)33(15(68-38)7-65-35-26(56)18(48)12(45)4-62-35)72-39-30(60)24(54)32(16(69-39)8-66-36-27(57)19(49)13(46)5-63-36)71-37-28(58)22(52)21(51)14(67-37)6-64-34-25(55)17(47)11(44)3-61-34/h1,9-39,41-60H,2-8H2. The Morgan fingerprint density at radius 2 is 0.778 bits per heavy atom. The van der Waals surface area contributed by atoms with Crippen LogP contribution in [0, 0.1) is 0 Å². The molecular weight excluding hydrogens is 996 g/mol. The molecule has 0 aromatic rings. The summed E-state index contributed by atoms with van der Waals surface area (Å²) in [6, 6.07) is 0. The summed E-state index contributed by atoms with van der Waals surface area (Å²) < 4.78 is 66.9. The molecule has 0 saturated carbocycles. The van der Waals surface area contributed by atoms with E-state index >= 15 is 0 Å². The Hall–Kier alpha value is -1.61. The first-order valence-corrected chi connectivity index (χ1v) is 22.6. The monoisotopic (exact) mass is 1060 g/mol. The largest absolute Gasteiger partial charge is 0.394 e. The van der Waals surface area contributed by atoms with Crippen LogP contribution in [0.15, 0.2) is 0 Å². The maximum Gasteiger partial charge on any atom is 0.187 e. The Morgan fingerprint density at radius 1 is 0.431 bits per heavy atom. The minimum Gasteiger partial charge on any atom is -0.394 e. The molecule has 33 heteroatoms. The summed E-state index contributed by atoms with van der Waals surface area (Å²) in [6.45, 7) is -5.33. The summed E-state index contributed by atoms with van der Waals surface area (Å²) in [4.78, 5) is 11.3. The number of carbonyl (C=O) groups is 1. The molecule has 20 N–H and O–H groups in total. The van der Waals surface area contributed by atoms with Gasteiger partial charge in [0.05, 0.1) is 46.2 Å². The topological polar surface area (TPSA) is 532 Å². The van der Waals surface area contributed by atoms with E-state index in [1.54, 1.807) is 0 Å². The molecule has 0 aromatic heterocycles. The average Bonchev–Trinajstić information content (AvgIpc) is 3.36. The highest BCUT2D eigenvalue weighted by atomic mass is 16.8. The summed E-state index contributed by atoms with van der Waals surface area (Å²) in [5, 5.41) is 211. The molecule has 420 valence electrons. The van der Waals surface area contributed by atoms with Gasteiger partial charge in [-0.05, 0) is 0 Å².